The largest absolute Gasteiger partial charge is 0.345 e. The van der Waals surface area contributed by atoms with Gasteiger partial charge in [-0.25, -0.2) is 0 Å². The van der Waals surface area contributed by atoms with Crippen LogP contribution >= 0.6 is 54.5 Å². The molecule has 1 aromatic rings. The Hall–Kier alpha value is 0.380. The molecule has 0 radical (unpaired) electrons. The quantitative estimate of drug-likeness (QED) is 0.540. The van der Waals surface area contributed by atoms with Gasteiger partial charge in [0.2, 0.25) is 0 Å². The summed E-state index contributed by atoms with van der Waals surface area (Å²) < 4.78 is 1.06. The van der Waals surface area contributed by atoms with Crippen LogP contribution in [0.25, 0.3) is 0 Å². The molecule has 0 heterocycles. The molecule has 2 nitrogen and oxygen atoms in total. The van der Waals surface area contributed by atoms with Crippen LogP contribution in [-0.4, -0.2) is 22.1 Å². The molecule has 1 amide bonds. The Morgan fingerprint density at radius 1 is 1.44 bits per heavy atom. The predicted molar refractivity (Wildman–Crippen MR) is 82.6 cm³/mol. The number of carbonyl (C=O) groups is 1. The number of alkyl halides is 2. The maximum absolute atomic E-state index is 12.0. The normalized spacial score (nSPS) is 11.2. The molecule has 0 aliphatic rings. The third kappa shape index (κ3) is 4.00. The van der Waals surface area contributed by atoms with Gasteiger partial charge in [0, 0.05) is 19.8 Å². The van der Waals surface area contributed by atoms with E-state index in [0.29, 0.717) is 16.2 Å². The van der Waals surface area contributed by atoms with Crippen molar-refractivity contribution in [1.29, 1.82) is 0 Å². The van der Waals surface area contributed by atoms with Crippen LogP contribution in [0.5, 0.6) is 0 Å². The number of halogens is 3. The van der Waals surface area contributed by atoms with Gasteiger partial charge in [0.15, 0.2) is 0 Å². The Morgan fingerprint density at radius 2 is 2.06 bits per heavy atom. The molecule has 5 heteroatoms. The number of nitrogens with one attached hydrogen (secondary N) is 1. The molecule has 88 valence electrons. The monoisotopic (exact) mass is 459 g/mol. The highest BCUT2D eigenvalue weighted by atomic mass is 127. The summed E-state index contributed by atoms with van der Waals surface area (Å²) in [6.45, 7) is 1.99. The summed E-state index contributed by atoms with van der Waals surface area (Å²) in [5, 5.41) is 4.42. The van der Waals surface area contributed by atoms with Crippen molar-refractivity contribution in [2.45, 2.75) is 12.5 Å². The first kappa shape index (κ1) is 14.4. The van der Waals surface area contributed by atoms with Gasteiger partial charge in [0.25, 0.3) is 5.91 Å². The molecule has 0 aromatic heterocycles. The summed E-state index contributed by atoms with van der Waals surface area (Å²) in [7, 11) is 0. The van der Waals surface area contributed by atoms with E-state index < -0.39 is 0 Å². The molecule has 1 rings (SSSR count). The molecule has 0 fully saturated rings. The van der Waals surface area contributed by atoms with Crippen molar-refractivity contribution in [3.05, 3.63) is 33.4 Å². The van der Waals surface area contributed by atoms with Crippen LogP contribution < -0.4 is 5.32 Å². The van der Waals surface area contributed by atoms with Crippen LogP contribution in [0.15, 0.2) is 24.3 Å². The van der Waals surface area contributed by atoms with Crippen molar-refractivity contribution in [1.82, 2.24) is 5.32 Å². The van der Waals surface area contributed by atoms with E-state index in [4.69, 9.17) is 0 Å². The Morgan fingerprint density at radius 3 is 2.56 bits per heavy atom. The zero-order valence-electron chi connectivity index (χ0n) is 8.77. The highest BCUT2D eigenvalue weighted by Crippen LogP contribution is 2.14. The molecule has 0 unspecified atom stereocenters. The lowest BCUT2D eigenvalue weighted by Gasteiger charge is -2.26. The van der Waals surface area contributed by atoms with Crippen molar-refractivity contribution < 1.29 is 4.79 Å². The van der Waals surface area contributed by atoms with E-state index in [2.05, 4.69) is 59.8 Å². The topological polar surface area (TPSA) is 29.1 Å². The van der Waals surface area contributed by atoms with Crippen molar-refractivity contribution >= 4 is 60.4 Å². The molecule has 1 N–H and O–H groups in total. The Bertz CT molecular complexity index is 380. The molecule has 0 bridgehead atoms. The molecule has 1 aromatic carbocycles. The molecular weight excluding hydrogens is 449 g/mol. The standard InChI is InChI=1S/C11H12Br2INO/c1-11(6-12,7-13)15-10(16)8-3-2-4-9(14)5-8/h2-5H,6-7H2,1H3,(H,15,16). The molecule has 0 spiro atoms. The zero-order chi connectivity index (χ0) is 12.2. The van der Waals surface area contributed by atoms with Gasteiger partial charge in [-0.05, 0) is 47.7 Å². The number of amides is 1. The summed E-state index contributed by atoms with van der Waals surface area (Å²) in [6, 6.07) is 7.54. The van der Waals surface area contributed by atoms with Gasteiger partial charge >= 0.3 is 0 Å². The second kappa shape index (κ2) is 6.35. The summed E-state index contributed by atoms with van der Waals surface area (Å²) in [4.78, 5) is 12.0. The lowest BCUT2D eigenvalue weighted by atomic mass is 10.1. The van der Waals surface area contributed by atoms with Gasteiger partial charge in [0.05, 0.1) is 5.54 Å². The maximum atomic E-state index is 12.0. The van der Waals surface area contributed by atoms with Crippen molar-refractivity contribution in [2.24, 2.45) is 0 Å². The number of carbonyl (C=O) groups excluding carboxylic acids is 1. The SMILES string of the molecule is CC(CBr)(CBr)NC(=O)c1cccc(I)c1. The second-order valence-corrected chi connectivity index (χ2v) is 6.16. The van der Waals surface area contributed by atoms with Gasteiger partial charge < -0.3 is 5.32 Å². The summed E-state index contributed by atoms with van der Waals surface area (Å²) >= 11 is 9.00. The minimum Gasteiger partial charge on any atom is -0.345 e. The fourth-order valence-electron chi connectivity index (χ4n) is 1.08. The van der Waals surface area contributed by atoms with Crippen LogP contribution in [-0.2, 0) is 0 Å². The summed E-state index contributed by atoms with van der Waals surface area (Å²) in [5.41, 5.74) is 0.429. The van der Waals surface area contributed by atoms with E-state index in [1.54, 1.807) is 0 Å². The lowest BCUT2D eigenvalue weighted by Crippen LogP contribution is -2.48. The van der Waals surface area contributed by atoms with E-state index in [9.17, 15) is 4.79 Å². The fraction of sp³-hybridized carbons (Fsp3) is 0.364. The summed E-state index contributed by atoms with van der Waals surface area (Å²) in [6.07, 6.45) is 0. The first-order valence-corrected chi connectivity index (χ1v) is 8.03. The highest BCUT2D eigenvalue weighted by molar-refractivity contribution is 14.1. The second-order valence-electron chi connectivity index (χ2n) is 3.79. The predicted octanol–water partition coefficient (Wildman–Crippen LogP) is 3.57. The number of hydrogen-bond acceptors (Lipinski definition) is 1. The van der Waals surface area contributed by atoms with Crippen molar-refractivity contribution in [3.8, 4) is 0 Å². The Balaban J connectivity index is 2.80. The average molecular weight is 461 g/mol. The molecule has 16 heavy (non-hydrogen) atoms. The lowest BCUT2D eigenvalue weighted by molar-refractivity contribution is 0.0923. The molecule has 0 aliphatic carbocycles. The van der Waals surface area contributed by atoms with Gasteiger partial charge in [0.1, 0.15) is 0 Å². The molecule has 0 aliphatic heterocycles. The molecule has 0 saturated carbocycles. The van der Waals surface area contributed by atoms with Crippen LogP contribution in [0.3, 0.4) is 0 Å². The van der Waals surface area contributed by atoms with Crippen molar-refractivity contribution in [2.75, 3.05) is 10.7 Å². The van der Waals surface area contributed by atoms with Crippen LogP contribution in [0, 0.1) is 3.57 Å². The van der Waals surface area contributed by atoms with Crippen molar-refractivity contribution in [3.63, 3.8) is 0 Å². The Labute approximate surface area is 126 Å². The Kier molecular flexibility index (Phi) is 5.73. The minimum atomic E-state index is -0.266. The highest BCUT2D eigenvalue weighted by Gasteiger charge is 2.24. The van der Waals surface area contributed by atoms with Crippen LogP contribution in [0.4, 0.5) is 0 Å². The summed E-state index contributed by atoms with van der Waals surface area (Å²) in [5.74, 6) is -0.0417. The van der Waals surface area contributed by atoms with Gasteiger partial charge in [-0.3, -0.25) is 4.79 Å². The number of hydrogen-bond donors (Lipinski definition) is 1. The molecular formula is C11H12Br2INO. The average Bonchev–Trinajstić information content (AvgIpc) is 2.29. The van der Waals surface area contributed by atoms with E-state index in [0.717, 1.165) is 3.57 Å². The van der Waals surface area contributed by atoms with E-state index in [1.165, 1.54) is 0 Å². The van der Waals surface area contributed by atoms with Crippen LogP contribution in [0.1, 0.15) is 17.3 Å². The van der Waals surface area contributed by atoms with E-state index in [1.807, 2.05) is 31.2 Å². The number of rotatable bonds is 4. The van der Waals surface area contributed by atoms with E-state index in [-0.39, 0.29) is 11.4 Å². The first-order chi connectivity index (χ1) is 7.50. The van der Waals surface area contributed by atoms with E-state index >= 15 is 0 Å². The molecule has 0 saturated heterocycles. The number of benzene rings is 1. The minimum absolute atomic E-state index is 0.0417. The third-order valence-corrected chi connectivity index (χ3v) is 5.24. The van der Waals surface area contributed by atoms with Gasteiger partial charge in [-0.15, -0.1) is 0 Å². The fourth-order valence-corrected chi connectivity index (χ4v) is 2.83. The van der Waals surface area contributed by atoms with Gasteiger partial charge in [-0.1, -0.05) is 37.9 Å². The zero-order valence-corrected chi connectivity index (χ0v) is 14.1. The smallest absolute Gasteiger partial charge is 0.251 e. The third-order valence-electron chi connectivity index (χ3n) is 2.09. The molecule has 0 atom stereocenters. The van der Waals surface area contributed by atoms with Crippen LogP contribution in [0.2, 0.25) is 0 Å². The maximum Gasteiger partial charge on any atom is 0.251 e. The first-order valence-electron chi connectivity index (χ1n) is 4.71. The van der Waals surface area contributed by atoms with Gasteiger partial charge in [-0.2, -0.15) is 0 Å².